The first-order valence-electron chi connectivity index (χ1n) is 7.56. The van der Waals surface area contributed by atoms with Crippen molar-refractivity contribution in [2.75, 3.05) is 16.2 Å². The fraction of sp³-hybridized carbons (Fsp3) is 0.562. The Hall–Kier alpha value is -1.56. The molecule has 120 valence electrons. The zero-order chi connectivity index (χ0) is 16.2. The Morgan fingerprint density at radius 3 is 2.55 bits per heavy atom. The van der Waals surface area contributed by atoms with Gasteiger partial charge in [0, 0.05) is 6.42 Å². The first-order valence-corrected chi connectivity index (χ1v) is 9.21. The molecule has 0 radical (unpaired) electrons. The van der Waals surface area contributed by atoms with Crippen molar-refractivity contribution in [2.45, 2.75) is 33.1 Å². The summed E-state index contributed by atoms with van der Waals surface area (Å²) in [7, 11) is -3.64. The van der Waals surface area contributed by atoms with Crippen LogP contribution in [0, 0.1) is 16.7 Å². The van der Waals surface area contributed by atoms with Crippen LogP contribution in [0.15, 0.2) is 24.3 Å². The van der Waals surface area contributed by atoms with Crippen molar-refractivity contribution >= 4 is 27.2 Å². The van der Waals surface area contributed by atoms with Crippen LogP contribution >= 0.6 is 0 Å². The quantitative estimate of drug-likeness (QED) is 0.833. The van der Waals surface area contributed by atoms with Gasteiger partial charge in [-0.05, 0) is 36.3 Å². The standard InChI is InChI=1S/C16H22N2O3S/c1-15(2)11-7-8-16(15,14(19)9-11)10-22(20,21)18-13-6-4-3-5-12(13)17/h3-6,11,18H,7-10,17H2,1-2H3/t11?,16-/m1/s1. The van der Waals surface area contributed by atoms with Crippen LogP contribution in [0.5, 0.6) is 0 Å². The lowest BCUT2D eigenvalue weighted by Gasteiger charge is -2.36. The number of ketones is 1. The van der Waals surface area contributed by atoms with Crippen molar-refractivity contribution < 1.29 is 13.2 Å². The van der Waals surface area contributed by atoms with E-state index in [1.807, 2.05) is 13.8 Å². The number of para-hydroxylation sites is 2. The van der Waals surface area contributed by atoms with E-state index in [4.69, 9.17) is 5.73 Å². The molecule has 3 rings (SSSR count). The van der Waals surface area contributed by atoms with Gasteiger partial charge in [0.25, 0.3) is 0 Å². The Morgan fingerprint density at radius 2 is 2.00 bits per heavy atom. The fourth-order valence-corrected chi connectivity index (χ4v) is 6.15. The first kappa shape index (κ1) is 15.3. The summed E-state index contributed by atoms with van der Waals surface area (Å²) in [4.78, 5) is 12.5. The number of benzene rings is 1. The molecule has 0 amide bonds. The van der Waals surface area contributed by atoms with Crippen molar-refractivity contribution in [3.63, 3.8) is 0 Å². The number of nitrogen functional groups attached to an aromatic ring is 1. The van der Waals surface area contributed by atoms with Crippen LogP contribution in [-0.2, 0) is 14.8 Å². The van der Waals surface area contributed by atoms with Crippen LogP contribution in [0.2, 0.25) is 0 Å². The highest BCUT2D eigenvalue weighted by atomic mass is 32.2. The van der Waals surface area contributed by atoms with Crippen molar-refractivity contribution in [1.82, 2.24) is 0 Å². The molecule has 0 saturated heterocycles. The van der Waals surface area contributed by atoms with Crippen molar-refractivity contribution in [1.29, 1.82) is 0 Å². The molecule has 2 fully saturated rings. The second kappa shape index (κ2) is 4.72. The lowest BCUT2D eigenvalue weighted by atomic mass is 9.70. The summed E-state index contributed by atoms with van der Waals surface area (Å²) in [5.74, 6) is 0.244. The average molecular weight is 322 g/mol. The van der Waals surface area contributed by atoms with Gasteiger partial charge < -0.3 is 5.73 Å². The molecule has 0 spiro atoms. The number of anilines is 2. The van der Waals surface area contributed by atoms with E-state index in [1.54, 1.807) is 24.3 Å². The fourth-order valence-electron chi connectivity index (χ4n) is 4.23. The summed E-state index contributed by atoms with van der Waals surface area (Å²) in [6.45, 7) is 4.06. The van der Waals surface area contributed by atoms with Gasteiger partial charge in [-0.2, -0.15) is 0 Å². The molecule has 0 aliphatic heterocycles. The van der Waals surface area contributed by atoms with E-state index in [2.05, 4.69) is 4.72 Å². The number of Topliss-reactive ketones (excluding diaryl/α,β-unsaturated/α-hetero) is 1. The predicted octanol–water partition coefficient (Wildman–Crippen LogP) is 2.41. The lowest BCUT2D eigenvalue weighted by molar-refractivity contribution is -0.128. The molecule has 3 N–H and O–H groups in total. The molecule has 0 heterocycles. The van der Waals surface area contributed by atoms with Gasteiger partial charge in [0.2, 0.25) is 10.0 Å². The maximum atomic E-state index is 12.6. The number of carbonyl (C=O) groups excluding carboxylic acids is 1. The van der Waals surface area contributed by atoms with Gasteiger partial charge in [-0.25, -0.2) is 8.42 Å². The van der Waals surface area contributed by atoms with E-state index in [-0.39, 0.29) is 17.0 Å². The summed E-state index contributed by atoms with van der Waals surface area (Å²) >= 11 is 0. The van der Waals surface area contributed by atoms with Crippen LogP contribution in [0.25, 0.3) is 0 Å². The molecule has 0 aromatic heterocycles. The first-order chi connectivity index (χ1) is 10.2. The SMILES string of the molecule is CC1(C)C2CC[C@@]1(CS(=O)(=O)Nc1ccccc1N)C(=O)C2. The van der Waals surface area contributed by atoms with Gasteiger partial charge in [0.1, 0.15) is 5.78 Å². The number of sulfonamides is 1. The van der Waals surface area contributed by atoms with Gasteiger partial charge in [0.05, 0.1) is 22.5 Å². The number of nitrogens with one attached hydrogen (secondary N) is 1. The highest BCUT2D eigenvalue weighted by Gasteiger charge is 2.65. The molecule has 5 nitrogen and oxygen atoms in total. The van der Waals surface area contributed by atoms with Gasteiger partial charge >= 0.3 is 0 Å². The second-order valence-electron chi connectivity index (χ2n) is 7.12. The number of rotatable bonds is 4. The third-order valence-corrected chi connectivity index (χ3v) is 7.21. The minimum absolute atomic E-state index is 0.0974. The Labute approximate surface area is 131 Å². The van der Waals surface area contributed by atoms with E-state index < -0.39 is 15.4 Å². The third kappa shape index (κ3) is 2.12. The molecule has 6 heteroatoms. The summed E-state index contributed by atoms with van der Waals surface area (Å²) < 4.78 is 27.8. The number of nitrogens with two attached hydrogens (primary N) is 1. The molecule has 2 bridgehead atoms. The molecule has 2 aliphatic rings. The minimum atomic E-state index is -3.64. The van der Waals surface area contributed by atoms with E-state index in [1.165, 1.54) is 0 Å². The van der Waals surface area contributed by atoms with Crippen LogP contribution in [0.3, 0.4) is 0 Å². The third-order valence-electron chi connectivity index (χ3n) is 5.80. The zero-order valence-corrected chi connectivity index (χ0v) is 13.7. The summed E-state index contributed by atoms with van der Waals surface area (Å²) in [5, 5.41) is 0. The van der Waals surface area contributed by atoms with E-state index >= 15 is 0 Å². The van der Waals surface area contributed by atoms with Gasteiger partial charge in [-0.15, -0.1) is 0 Å². The van der Waals surface area contributed by atoms with Crippen LogP contribution < -0.4 is 10.5 Å². The Bertz CT molecular complexity index is 727. The Morgan fingerprint density at radius 1 is 1.32 bits per heavy atom. The minimum Gasteiger partial charge on any atom is -0.397 e. The molecule has 1 aromatic carbocycles. The largest absolute Gasteiger partial charge is 0.397 e. The van der Waals surface area contributed by atoms with Crippen molar-refractivity contribution in [3.8, 4) is 0 Å². The number of fused-ring (bicyclic) bond motifs is 2. The number of hydrogen-bond acceptors (Lipinski definition) is 4. The normalized spacial score (nSPS) is 29.7. The zero-order valence-electron chi connectivity index (χ0n) is 12.9. The smallest absolute Gasteiger partial charge is 0.233 e. The van der Waals surface area contributed by atoms with Gasteiger partial charge in [-0.3, -0.25) is 9.52 Å². The Balaban J connectivity index is 1.89. The summed E-state index contributed by atoms with van der Waals surface area (Å²) in [5.41, 5.74) is 5.53. The highest BCUT2D eigenvalue weighted by molar-refractivity contribution is 7.92. The maximum absolute atomic E-state index is 12.6. The monoisotopic (exact) mass is 322 g/mol. The summed E-state index contributed by atoms with van der Waals surface area (Å²) in [6.07, 6.45) is 2.10. The maximum Gasteiger partial charge on any atom is 0.233 e. The van der Waals surface area contributed by atoms with Crippen molar-refractivity contribution in [2.24, 2.45) is 16.7 Å². The number of hydrogen-bond donors (Lipinski definition) is 2. The topological polar surface area (TPSA) is 89.3 Å². The van der Waals surface area contributed by atoms with Crippen LogP contribution in [0.1, 0.15) is 33.1 Å². The molecular formula is C16H22N2O3S. The van der Waals surface area contributed by atoms with E-state index in [0.717, 1.165) is 6.42 Å². The molecule has 2 aliphatic carbocycles. The molecule has 1 aromatic rings. The molecule has 2 saturated carbocycles. The molecule has 1 unspecified atom stereocenters. The Kier molecular flexibility index (Phi) is 3.29. The summed E-state index contributed by atoms with van der Waals surface area (Å²) in [6, 6.07) is 6.75. The number of carbonyl (C=O) groups is 1. The van der Waals surface area contributed by atoms with Crippen LogP contribution in [0.4, 0.5) is 11.4 Å². The second-order valence-corrected chi connectivity index (χ2v) is 8.84. The average Bonchev–Trinajstić information content (AvgIpc) is 2.74. The molecule has 22 heavy (non-hydrogen) atoms. The van der Waals surface area contributed by atoms with Crippen LogP contribution in [-0.4, -0.2) is 20.0 Å². The molecule has 2 atom stereocenters. The van der Waals surface area contributed by atoms with Crippen molar-refractivity contribution in [3.05, 3.63) is 24.3 Å². The van der Waals surface area contributed by atoms with E-state index in [9.17, 15) is 13.2 Å². The highest BCUT2D eigenvalue weighted by Crippen LogP contribution is 2.64. The lowest BCUT2D eigenvalue weighted by Crippen LogP contribution is -2.43. The molecular weight excluding hydrogens is 300 g/mol. The van der Waals surface area contributed by atoms with Gasteiger partial charge in [-0.1, -0.05) is 26.0 Å². The van der Waals surface area contributed by atoms with Gasteiger partial charge in [0.15, 0.2) is 0 Å². The van der Waals surface area contributed by atoms with E-state index in [0.29, 0.717) is 30.1 Å². The predicted molar refractivity (Wildman–Crippen MR) is 86.8 cm³/mol.